The zero-order valence-corrected chi connectivity index (χ0v) is 11.9. The first-order valence-corrected chi connectivity index (χ1v) is 6.57. The number of rotatable bonds is 3. The van der Waals surface area contributed by atoms with Crippen LogP contribution < -0.4 is 5.32 Å². The van der Waals surface area contributed by atoms with Crippen LogP contribution in [0.25, 0.3) is 0 Å². The van der Waals surface area contributed by atoms with Crippen molar-refractivity contribution in [3.8, 4) is 5.75 Å². The fourth-order valence-corrected chi connectivity index (χ4v) is 1.99. The second-order valence-corrected chi connectivity index (χ2v) is 5.30. The van der Waals surface area contributed by atoms with E-state index in [4.69, 9.17) is 11.6 Å². The smallest absolute Gasteiger partial charge is 0.134 e. The molecule has 0 radical (unpaired) electrons. The van der Waals surface area contributed by atoms with E-state index in [1.165, 1.54) is 3.57 Å². The summed E-state index contributed by atoms with van der Waals surface area (Å²) in [4.78, 5) is 0. The molecular formula is C13H11ClINO. The maximum absolute atomic E-state index is 9.31. The molecule has 2 aromatic rings. The Bertz CT molecular complexity index is 513. The van der Waals surface area contributed by atoms with Crippen LogP contribution in [-0.2, 0) is 6.54 Å². The largest absolute Gasteiger partial charge is 0.506 e. The minimum absolute atomic E-state index is 0.115. The van der Waals surface area contributed by atoms with Crippen molar-refractivity contribution in [1.29, 1.82) is 0 Å². The zero-order chi connectivity index (χ0) is 12.3. The van der Waals surface area contributed by atoms with Gasteiger partial charge in [0.2, 0.25) is 0 Å². The molecule has 2 nitrogen and oxygen atoms in total. The molecule has 0 heterocycles. The normalized spacial score (nSPS) is 10.2. The van der Waals surface area contributed by atoms with Crippen LogP contribution in [-0.4, -0.2) is 5.11 Å². The van der Waals surface area contributed by atoms with Crippen molar-refractivity contribution in [1.82, 2.24) is 0 Å². The highest BCUT2D eigenvalue weighted by molar-refractivity contribution is 14.1. The Kier molecular flexibility index (Phi) is 4.12. The summed E-state index contributed by atoms with van der Waals surface area (Å²) in [5, 5.41) is 13.0. The van der Waals surface area contributed by atoms with Gasteiger partial charge in [0, 0.05) is 15.8 Å². The Hall–Kier alpha value is -0.940. The summed E-state index contributed by atoms with van der Waals surface area (Å²) >= 11 is 8.11. The molecule has 0 bridgehead atoms. The Balaban J connectivity index is 2.02. The SMILES string of the molecule is Oc1ccc(CNc2ccc(I)cc2)cc1Cl. The average Bonchev–Trinajstić information content (AvgIpc) is 2.33. The first-order valence-electron chi connectivity index (χ1n) is 5.12. The summed E-state index contributed by atoms with van der Waals surface area (Å²) in [5.74, 6) is 0.115. The second kappa shape index (κ2) is 5.60. The maximum Gasteiger partial charge on any atom is 0.134 e. The van der Waals surface area contributed by atoms with Gasteiger partial charge in [-0.3, -0.25) is 0 Å². The molecule has 0 aliphatic heterocycles. The van der Waals surface area contributed by atoms with Crippen LogP contribution in [0.4, 0.5) is 5.69 Å². The van der Waals surface area contributed by atoms with Crippen molar-refractivity contribution in [3.05, 3.63) is 56.6 Å². The molecular weight excluding hydrogens is 349 g/mol. The first-order chi connectivity index (χ1) is 8.15. The predicted molar refractivity (Wildman–Crippen MR) is 79.6 cm³/mol. The van der Waals surface area contributed by atoms with E-state index in [-0.39, 0.29) is 5.75 Å². The van der Waals surface area contributed by atoms with E-state index < -0.39 is 0 Å². The van der Waals surface area contributed by atoms with Crippen molar-refractivity contribution in [2.45, 2.75) is 6.54 Å². The van der Waals surface area contributed by atoms with Crippen molar-refractivity contribution in [2.24, 2.45) is 0 Å². The number of benzene rings is 2. The molecule has 0 saturated carbocycles. The van der Waals surface area contributed by atoms with Gasteiger partial charge in [0.15, 0.2) is 0 Å². The molecule has 2 rings (SSSR count). The van der Waals surface area contributed by atoms with Crippen LogP contribution in [0.3, 0.4) is 0 Å². The summed E-state index contributed by atoms with van der Waals surface area (Å²) in [7, 11) is 0. The number of halogens is 2. The van der Waals surface area contributed by atoms with Crippen molar-refractivity contribution < 1.29 is 5.11 Å². The zero-order valence-electron chi connectivity index (χ0n) is 8.95. The van der Waals surface area contributed by atoms with E-state index in [2.05, 4.69) is 27.9 Å². The lowest BCUT2D eigenvalue weighted by atomic mass is 10.2. The highest BCUT2D eigenvalue weighted by Gasteiger charge is 2.00. The van der Waals surface area contributed by atoms with Gasteiger partial charge in [0.25, 0.3) is 0 Å². The van der Waals surface area contributed by atoms with Crippen LogP contribution in [0.1, 0.15) is 5.56 Å². The van der Waals surface area contributed by atoms with Crippen molar-refractivity contribution in [3.63, 3.8) is 0 Å². The first kappa shape index (κ1) is 12.5. The molecule has 2 N–H and O–H groups in total. The molecule has 0 amide bonds. The Labute approximate surface area is 119 Å². The summed E-state index contributed by atoms with van der Waals surface area (Å²) in [6.07, 6.45) is 0. The van der Waals surface area contributed by atoms with Gasteiger partial charge in [0.05, 0.1) is 5.02 Å². The van der Waals surface area contributed by atoms with Crippen LogP contribution in [0.15, 0.2) is 42.5 Å². The molecule has 2 aromatic carbocycles. The highest BCUT2D eigenvalue weighted by atomic mass is 127. The number of hydrogen-bond acceptors (Lipinski definition) is 2. The number of phenols is 1. The third-order valence-corrected chi connectivity index (χ3v) is 3.37. The minimum Gasteiger partial charge on any atom is -0.506 e. The number of hydrogen-bond donors (Lipinski definition) is 2. The molecule has 0 unspecified atom stereocenters. The predicted octanol–water partition coefficient (Wildman–Crippen LogP) is 4.26. The number of anilines is 1. The molecule has 4 heteroatoms. The molecule has 0 atom stereocenters. The number of phenolic OH excluding ortho intramolecular Hbond substituents is 1. The third kappa shape index (κ3) is 3.51. The van der Waals surface area contributed by atoms with Crippen LogP contribution in [0.5, 0.6) is 5.75 Å². The van der Waals surface area contributed by atoms with Gasteiger partial charge in [-0.15, -0.1) is 0 Å². The van der Waals surface area contributed by atoms with E-state index in [1.54, 1.807) is 12.1 Å². The molecule has 0 spiro atoms. The van der Waals surface area contributed by atoms with Crippen LogP contribution in [0.2, 0.25) is 5.02 Å². The summed E-state index contributed by atoms with van der Waals surface area (Å²) < 4.78 is 1.21. The van der Waals surface area contributed by atoms with Gasteiger partial charge >= 0.3 is 0 Å². The third-order valence-electron chi connectivity index (χ3n) is 2.35. The number of aromatic hydroxyl groups is 1. The van der Waals surface area contributed by atoms with Gasteiger partial charge in [-0.2, -0.15) is 0 Å². The molecule has 17 heavy (non-hydrogen) atoms. The monoisotopic (exact) mass is 359 g/mol. The van der Waals surface area contributed by atoms with E-state index >= 15 is 0 Å². The molecule has 0 aromatic heterocycles. The summed E-state index contributed by atoms with van der Waals surface area (Å²) in [6, 6.07) is 13.4. The molecule has 88 valence electrons. The second-order valence-electron chi connectivity index (χ2n) is 3.65. The van der Waals surface area contributed by atoms with Crippen molar-refractivity contribution in [2.75, 3.05) is 5.32 Å². The fraction of sp³-hybridized carbons (Fsp3) is 0.0769. The fourth-order valence-electron chi connectivity index (χ4n) is 1.43. The van der Waals surface area contributed by atoms with Gasteiger partial charge in [-0.05, 0) is 64.6 Å². The van der Waals surface area contributed by atoms with Gasteiger partial charge < -0.3 is 10.4 Å². The Morgan fingerprint density at radius 2 is 1.82 bits per heavy atom. The summed E-state index contributed by atoms with van der Waals surface area (Å²) in [5.41, 5.74) is 2.10. The van der Waals surface area contributed by atoms with Crippen LogP contribution >= 0.6 is 34.2 Å². The van der Waals surface area contributed by atoms with Crippen LogP contribution in [0, 0.1) is 3.57 Å². The molecule has 0 aliphatic carbocycles. The average molecular weight is 360 g/mol. The lowest BCUT2D eigenvalue weighted by molar-refractivity contribution is 0.475. The standard InChI is InChI=1S/C13H11ClINO/c14-12-7-9(1-6-13(12)17)8-16-11-4-2-10(15)3-5-11/h1-7,16-17H,8H2. The number of nitrogens with one attached hydrogen (secondary N) is 1. The minimum atomic E-state index is 0.115. The van der Waals surface area contributed by atoms with E-state index in [0.29, 0.717) is 11.6 Å². The Morgan fingerprint density at radius 3 is 2.47 bits per heavy atom. The molecule has 0 saturated heterocycles. The van der Waals surface area contributed by atoms with E-state index in [9.17, 15) is 5.11 Å². The van der Waals surface area contributed by atoms with E-state index in [1.807, 2.05) is 30.3 Å². The molecule has 0 fully saturated rings. The lowest BCUT2D eigenvalue weighted by Crippen LogP contribution is -1.98. The van der Waals surface area contributed by atoms with Gasteiger partial charge in [0.1, 0.15) is 5.75 Å². The Morgan fingerprint density at radius 1 is 1.12 bits per heavy atom. The van der Waals surface area contributed by atoms with Gasteiger partial charge in [-0.25, -0.2) is 0 Å². The summed E-state index contributed by atoms with van der Waals surface area (Å²) in [6.45, 7) is 0.681. The maximum atomic E-state index is 9.31. The van der Waals surface area contributed by atoms with Crippen molar-refractivity contribution >= 4 is 39.9 Å². The van der Waals surface area contributed by atoms with E-state index in [0.717, 1.165) is 11.3 Å². The van der Waals surface area contributed by atoms with Gasteiger partial charge in [-0.1, -0.05) is 17.7 Å². The highest BCUT2D eigenvalue weighted by Crippen LogP contribution is 2.24. The molecule has 0 aliphatic rings. The lowest BCUT2D eigenvalue weighted by Gasteiger charge is -2.07. The topological polar surface area (TPSA) is 32.3 Å². The quantitative estimate of drug-likeness (QED) is 0.803.